The molecule has 1 aliphatic heterocycles. The Bertz CT molecular complexity index is 786. The first kappa shape index (κ1) is 16.2. The standard InChI is InChI=1S/C18H22N4O2/c1-11-7-12(2)16(13(3)8-11)22-6-5-15(18(22)24)20-17(23)14-9-19-21(4)10-14/h7-10,15H,5-6H2,1-4H3,(H,20,23)/t15-/m0/s1. The van der Waals surface area contributed by atoms with Crippen LogP contribution in [0.2, 0.25) is 0 Å². The Hall–Kier alpha value is -2.63. The first-order chi connectivity index (χ1) is 11.4. The molecule has 2 aromatic rings. The predicted octanol–water partition coefficient (Wildman–Crippen LogP) is 1.88. The third-order valence-electron chi connectivity index (χ3n) is 4.38. The summed E-state index contributed by atoms with van der Waals surface area (Å²) in [7, 11) is 1.75. The van der Waals surface area contributed by atoms with Crippen molar-refractivity contribution in [3.63, 3.8) is 0 Å². The Kier molecular flexibility index (Phi) is 4.13. The number of hydrogen-bond donors (Lipinski definition) is 1. The van der Waals surface area contributed by atoms with Gasteiger partial charge in [0, 0.05) is 25.5 Å². The van der Waals surface area contributed by atoms with E-state index in [0.29, 0.717) is 18.5 Å². The summed E-state index contributed by atoms with van der Waals surface area (Å²) >= 11 is 0. The predicted molar refractivity (Wildman–Crippen MR) is 92.1 cm³/mol. The van der Waals surface area contributed by atoms with Crippen LogP contribution < -0.4 is 10.2 Å². The van der Waals surface area contributed by atoms with Gasteiger partial charge in [-0.05, 0) is 38.3 Å². The van der Waals surface area contributed by atoms with Crippen molar-refractivity contribution in [3.8, 4) is 0 Å². The summed E-state index contributed by atoms with van der Waals surface area (Å²) in [6, 6.07) is 3.67. The summed E-state index contributed by atoms with van der Waals surface area (Å²) in [5, 5.41) is 6.81. The molecule has 6 nitrogen and oxygen atoms in total. The highest BCUT2D eigenvalue weighted by Gasteiger charge is 2.35. The van der Waals surface area contributed by atoms with Gasteiger partial charge in [-0.3, -0.25) is 14.3 Å². The zero-order valence-corrected chi connectivity index (χ0v) is 14.5. The minimum atomic E-state index is -0.488. The average molecular weight is 326 g/mol. The van der Waals surface area contributed by atoms with Crippen molar-refractivity contribution in [2.24, 2.45) is 7.05 Å². The normalized spacial score (nSPS) is 17.4. The van der Waals surface area contributed by atoms with Crippen LogP contribution in [0, 0.1) is 20.8 Å². The molecule has 0 bridgehead atoms. The molecule has 2 heterocycles. The molecule has 1 N–H and O–H groups in total. The van der Waals surface area contributed by atoms with Gasteiger partial charge in [0.15, 0.2) is 0 Å². The molecule has 24 heavy (non-hydrogen) atoms. The number of amides is 2. The van der Waals surface area contributed by atoms with Gasteiger partial charge in [0.25, 0.3) is 5.91 Å². The number of carbonyl (C=O) groups excluding carboxylic acids is 2. The van der Waals surface area contributed by atoms with Crippen molar-refractivity contribution >= 4 is 17.5 Å². The van der Waals surface area contributed by atoms with Crippen LogP contribution in [0.1, 0.15) is 33.5 Å². The number of aromatic nitrogens is 2. The lowest BCUT2D eigenvalue weighted by molar-refractivity contribution is -0.118. The fourth-order valence-electron chi connectivity index (χ4n) is 3.41. The summed E-state index contributed by atoms with van der Waals surface area (Å²) in [5.41, 5.74) is 4.78. The number of benzene rings is 1. The van der Waals surface area contributed by atoms with Crippen LogP contribution in [0.25, 0.3) is 0 Å². The Morgan fingerprint density at radius 2 is 1.92 bits per heavy atom. The van der Waals surface area contributed by atoms with E-state index >= 15 is 0 Å². The highest BCUT2D eigenvalue weighted by molar-refractivity contribution is 6.04. The van der Waals surface area contributed by atoms with Crippen molar-refractivity contribution in [1.29, 1.82) is 0 Å². The lowest BCUT2D eigenvalue weighted by atomic mass is 10.0. The van der Waals surface area contributed by atoms with Gasteiger partial charge in [-0.1, -0.05) is 17.7 Å². The third kappa shape index (κ3) is 2.91. The molecule has 1 fully saturated rings. The highest BCUT2D eigenvalue weighted by Crippen LogP contribution is 2.30. The van der Waals surface area contributed by atoms with Crippen LogP contribution in [0.15, 0.2) is 24.5 Å². The number of nitrogens with one attached hydrogen (secondary N) is 1. The van der Waals surface area contributed by atoms with Crippen LogP contribution in [-0.2, 0) is 11.8 Å². The maximum absolute atomic E-state index is 12.8. The first-order valence-corrected chi connectivity index (χ1v) is 8.05. The SMILES string of the molecule is Cc1cc(C)c(N2CC[C@H](NC(=O)c3cnn(C)c3)C2=O)c(C)c1. The van der Waals surface area contributed by atoms with Crippen LogP contribution in [0.5, 0.6) is 0 Å². The highest BCUT2D eigenvalue weighted by atomic mass is 16.2. The minimum absolute atomic E-state index is 0.0534. The van der Waals surface area contributed by atoms with Crippen LogP contribution in [0.3, 0.4) is 0 Å². The van der Waals surface area contributed by atoms with Gasteiger partial charge in [-0.15, -0.1) is 0 Å². The Morgan fingerprint density at radius 3 is 2.50 bits per heavy atom. The van der Waals surface area contributed by atoms with Gasteiger partial charge >= 0.3 is 0 Å². The number of rotatable bonds is 3. The second-order valence-electron chi connectivity index (χ2n) is 6.45. The molecule has 1 aromatic carbocycles. The molecule has 0 unspecified atom stereocenters. The molecule has 1 aromatic heterocycles. The van der Waals surface area contributed by atoms with E-state index in [1.54, 1.807) is 22.8 Å². The van der Waals surface area contributed by atoms with E-state index in [1.807, 2.05) is 20.8 Å². The molecule has 0 saturated carbocycles. The minimum Gasteiger partial charge on any atom is -0.340 e. The number of anilines is 1. The second kappa shape index (κ2) is 6.11. The van der Waals surface area contributed by atoms with E-state index in [9.17, 15) is 9.59 Å². The van der Waals surface area contributed by atoms with Crippen LogP contribution in [-0.4, -0.2) is 34.2 Å². The molecule has 1 atom stereocenters. The summed E-state index contributed by atoms with van der Waals surface area (Å²) < 4.78 is 1.57. The number of aryl methyl sites for hydroxylation is 4. The molecule has 1 aliphatic rings. The number of nitrogens with zero attached hydrogens (tertiary/aromatic N) is 3. The average Bonchev–Trinajstić information content (AvgIpc) is 3.07. The summed E-state index contributed by atoms with van der Waals surface area (Å²) in [5.74, 6) is -0.317. The lowest BCUT2D eigenvalue weighted by Crippen LogP contribution is -2.41. The Morgan fingerprint density at radius 1 is 1.25 bits per heavy atom. The van der Waals surface area contributed by atoms with Gasteiger partial charge in [0.1, 0.15) is 6.04 Å². The van der Waals surface area contributed by atoms with Crippen molar-refractivity contribution in [2.45, 2.75) is 33.2 Å². The van der Waals surface area contributed by atoms with Crippen LogP contribution >= 0.6 is 0 Å². The van der Waals surface area contributed by atoms with E-state index in [0.717, 1.165) is 16.8 Å². The molecule has 126 valence electrons. The molecular formula is C18H22N4O2. The zero-order valence-electron chi connectivity index (χ0n) is 14.5. The largest absolute Gasteiger partial charge is 0.340 e. The fourth-order valence-corrected chi connectivity index (χ4v) is 3.41. The van der Waals surface area contributed by atoms with Gasteiger partial charge in [-0.2, -0.15) is 5.10 Å². The number of carbonyl (C=O) groups is 2. The molecule has 2 amide bonds. The molecule has 0 radical (unpaired) electrons. The smallest absolute Gasteiger partial charge is 0.255 e. The van der Waals surface area contributed by atoms with E-state index in [-0.39, 0.29) is 11.8 Å². The maximum Gasteiger partial charge on any atom is 0.255 e. The monoisotopic (exact) mass is 326 g/mol. The van der Waals surface area contributed by atoms with Gasteiger partial charge in [0.05, 0.1) is 11.8 Å². The second-order valence-corrected chi connectivity index (χ2v) is 6.45. The molecule has 1 saturated heterocycles. The van der Waals surface area contributed by atoms with Crippen molar-refractivity contribution in [2.75, 3.05) is 11.4 Å². The lowest BCUT2D eigenvalue weighted by Gasteiger charge is -2.22. The van der Waals surface area contributed by atoms with E-state index in [2.05, 4.69) is 22.5 Å². The topological polar surface area (TPSA) is 67.2 Å². The van der Waals surface area contributed by atoms with E-state index in [1.165, 1.54) is 11.8 Å². The van der Waals surface area contributed by atoms with E-state index in [4.69, 9.17) is 0 Å². The maximum atomic E-state index is 12.8. The molecule has 3 rings (SSSR count). The van der Waals surface area contributed by atoms with E-state index < -0.39 is 6.04 Å². The number of hydrogen-bond acceptors (Lipinski definition) is 3. The molecular weight excluding hydrogens is 304 g/mol. The zero-order chi connectivity index (χ0) is 17.4. The summed E-state index contributed by atoms with van der Waals surface area (Å²) in [4.78, 5) is 26.8. The summed E-state index contributed by atoms with van der Waals surface area (Å²) in [6.07, 6.45) is 3.75. The molecule has 6 heteroatoms. The first-order valence-electron chi connectivity index (χ1n) is 8.05. The Labute approximate surface area is 141 Å². The van der Waals surface area contributed by atoms with Gasteiger partial charge in [-0.25, -0.2) is 0 Å². The van der Waals surface area contributed by atoms with Crippen LogP contribution in [0.4, 0.5) is 5.69 Å². The van der Waals surface area contributed by atoms with Crippen molar-refractivity contribution in [3.05, 3.63) is 46.8 Å². The Balaban J connectivity index is 1.77. The van der Waals surface area contributed by atoms with Gasteiger partial charge < -0.3 is 10.2 Å². The quantitative estimate of drug-likeness (QED) is 0.936. The molecule has 0 aliphatic carbocycles. The van der Waals surface area contributed by atoms with Crippen molar-refractivity contribution < 1.29 is 9.59 Å². The fraction of sp³-hybridized carbons (Fsp3) is 0.389. The molecule has 0 spiro atoms. The summed E-state index contributed by atoms with van der Waals surface area (Å²) in [6.45, 7) is 6.70. The third-order valence-corrected chi connectivity index (χ3v) is 4.38. The van der Waals surface area contributed by atoms with Crippen molar-refractivity contribution in [1.82, 2.24) is 15.1 Å². The van der Waals surface area contributed by atoms with Gasteiger partial charge in [0.2, 0.25) is 5.91 Å².